The fraction of sp³-hybridized carbons (Fsp3) is 0.421. The zero-order chi connectivity index (χ0) is 19.0. The largest absolute Gasteiger partial charge is 0.343 e. The van der Waals surface area contributed by atoms with E-state index in [4.69, 9.17) is 0 Å². The maximum absolute atomic E-state index is 12.8. The minimum atomic E-state index is -2.63. The molecule has 0 spiro atoms. The van der Waals surface area contributed by atoms with Crippen molar-refractivity contribution in [1.82, 2.24) is 24.6 Å². The summed E-state index contributed by atoms with van der Waals surface area (Å²) < 4.78 is 27.0. The lowest BCUT2D eigenvalue weighted by Gasteiger charge is -2.32. The quantitative estimate of drug-likeness (QED) is 0.762. The Bertz CT molecular complexity index is 931. The van der Waals surface area contributed by atoms with Gasteiger partial charge in [-0.15, -0.1) is 0 Å². The van der Waals surface area contributed by atoms with Crippen LogP contribution in [0.4, 0.5) is 8.78 Å². The van der Waals surface area contributed by atoms with E-state index in [-0.39, 0.29) is 24.1 Å². The molecule has 142 valence electrons. The number of amides is 1. The number of alkyl halides is 2. The summed E-state index contributed by atoms with van der Waals surface area (Å²) in [5.41, 5.74) is 2.20. The highest BCUT2D eigenvalue weighted by atomic mass is 19.3. The van der Waals surface area contributed by atoms with Crippen LogP contribution in [-0.2, 0) is 11.3 Å². The smallest absolute Gasteiger partial charge is 0.282 e. The summed E-state index contributed by atoms with van der Waals surface area (Å²) in [6.07, 6.45) is 1.02. The first-order valence-electron chi connectivity index (χ1n) is 9.05. The van der Waals surface area contributed by atoms with E-state index >= 15 is 0 Å². The van der Waals surface area contributed by atoms with E-state index in [1.165, 1.54) is 10.7 Å². The number of nitrogens with one attached hydrogen (secondary N) is 1. The van der Waals surface area contributed by atoms with Gasteiger partial charge in [0.1, 0.15) is 17.9 Å². The van der Waals surface area contributed by atoms with Gasteiger partial charge in [-0.05, 0) is 44.0 Å². The third kappa shape index (κ3) is 3.56. The Morgan fingerprint density at radius 1 is 1.41 bits per heavy atom. The number of piperidine rings is 1. The van der Waals surface area contributed by atoms with Crippen molar-refractivity contribution in [2.24, 2.45) is 0 Å². The molecule has 6 nitrogen and oxygen atoms in total. The van der Waals surface area contributed by atoms with Crippen molar-refractivity contribution < 1.29 is 13.6 Å². The van der Waals surface area contributed by atoms with Crippen molar-refractivity contribution in [2.75, 3.05) is 13.1 Å². The molecule has 1 atom stereocenters. The Morgan fingerprint density at radius 2 is 2.26 bits per heavy atom. The summed E-state index contributed by atoms with van der Waals surface area (Å²) in [5.74, 6) is 0.119. The number of hydrogen-bond acceptors (Lipinski definition) is 3. The van der Waals surface area contributed by atoms with E-state index in [1.54, 1.807) is 18.0 Å². The van der Waals surface area contributed by atoms with Gasteiger partial charge in [0.25, 0.3) is 6.43 Å². The van der Waals surface area contributed by atoms with Gasteiger partial charge in [0, 0.05) is 42.0 Å². The molecule has 0 aliphatic carbocycles. The Kier molecular flexibility index (Phi) is 4.63. The second kappa shape index (κ2) is 7.09. The Labute approximate surface area is 155 Å². The minimum absolute atomic E-state index is 0.0144. The minimum Gasteiger partial charge on any atom is -0.343 e. The predicted octanol–water partition coefficient (Wildman–Crippen LogP) is 3.41. The fourth-order valence-electron chi connectivity index (χ4n) is 3.69. The number of nitrogens with zero attached hydrogens (tertiary/aromatic N) is 4. The molecular formula is C19H21F2N5O. The van der Waals surface area contributed by atoms with E-state index < -0.39 is 6.43 Å². The van der Waals surface area contributed by atoms with Crippen LogP contribution in [0, 0.1) is 6.92 Å². The second-order valence-electron chi connectivity index (χ2n) is 7.01. The first-order valence-corrected chi connectivity index (χ1v) is 9.05. The highest BCUT2D eigenvalue weighted by molar-refractivity contribution is 5.77. The molecule has 1 amide bonds. The van der Waals surface area contributed by atoms with E-state index in [2.05, 4.69) is 21.1 Å². The summed E-state index contributed by atoms with van der Waals surface area (Å²) in [6, 6.07) is 7.33. The standard InChI is InChI=1S/C19H21F2N5O/c1-12-8-16(18(20)21)24-26(12)11-17(27)25-7-3-5-14(10-25)15-9-13-4-2-6-22-19(13)23-15/h2,4,6,8-9,14,18H,3,5,7,10-11H2,1H3,(H,22,23)/t14-/m1/s1. The summed E-state index contributed by atoms with van der Waals surface area (Å²) in [6.45, 7) is 2.95. The number of fused-ring (bicyclic) bond motifs is 1. The van der Waals surface area contributed by atoms with Crippen LogP contribution in [0.2, 0.25) is 0 Å². The zero-order valence-electron chi connectivity index (χ0n) is 15.0. The second-order valence-corrected chi connectivity index (χ2v) is 7.01. The third-order valence-electron chi connectivity index (χ3n) is 5.14. The van der Waals surface area contributed by atoms with Crippen LogP contribution in [0.5, 0.6) is 0 Å². The van der Waals surface area contributed by atoms with Crippen molar-refractivity contribution in [3.8, 4) is 0 Å². The number of aryl methyl sites for hydroxylation is 1. The third-order valence-corrected chi connectivity index (χ3v) is 5.14. The number of pyridine rings is 1. The molecule has 0 aromatic carbocycles. The molecule has 4 rings (SSSR count). The Hall–Kier alpha value is -2.77. The van der Waals surface area contributed by atoms with Crippen LogP contribution in [0.1, 0.15) is 42.3 Å². The molecule has 1 fully saturated rings. The molecule has 3 aromatic heterocycles. The van der Waals surface area contributed by atoms with Gasteiger partial charge in [-0.25, -0.2) is 13.8 Å². The number of likely N-dealkylation sites (tertiary alicyclic amines) is 1. The average Bonchev–Trinajstić information content (AvgIpc) is 3.26. The van der Waals surface area contributed by atoms with Gasteiger partial charge in [0.15, 0.2) is 0 Å². The van der Waals surface area contributed by atoms with Gasteiger partial charge in [-0.2, -0.15) is 5.10 Å². The SMILES string of the molecule is Cc1cc(C(F)F)nn1CC(=O)N1CCC[C@@H](c2cc3cccnc3[nH]2)C1. The number of H-pyrrole nitrogens is 1. The van der Waals surface area contributed by atoms with Crippen molar-refractivity contribution in [3.05, 3.63) is 47.5 Å². The van der Waals surface area contributed by atoms with Crippen LogP contribution in [0.3, 0.4) is 0 Å². The summed E-state index contributed by atoms with van der Waals surface area (Å²) in [7, 11) is 0. The van der Waals surface area contributed by atoms with E-state index in [0.717, 1.165) is 29.6 Å². The van der Waals surface area contributed by atoms with Crippen LogP contribution < -0.4 is 0 Å². The van der Waals surface area contributed by atoms with Gasteiger partial charge in [0.05, 0.1) is 0 Å². The summed E-state index contributed by atoms with van der Waals surface area (Å²) in [4.78, 5) is 22.2. The van der Waals surface area contributed by atoms with Gasteiger partial charge >= 0.3 is 0 Å². The molecule has 4 heterocycles. The number of aromatic amines is 1. The highest BCUT2D eigenvalue weighted by Gasteiger charge is 2.26. The molecule has 0 bridgehead atoms. The van der Waals surface area contributed by atoms with Crippen LogP contribution in [-0.4, -0.2) is 43.6 Å². The van der Waals surface area contributed by atoms with Gasteiger partial charge in [0.2, 0.25) is 5.91 Å². The Balaban J connectivity index is 1.46. The van der Waals surface area contributed by atoms with Crippen LogP contribution >= 0.6 is 0 Å². The van der Waals surface area contributed by atoms with Gasteiger partial charge in [-0.3, -0.25) is 9.48 Å². The fourth-order valence-corrected chi connectivity index (χ4v) is 3.69. The number of aromatic nitrogens is 4. The molecule has 0 unspecified atom stereocenters. The number of carbonyl (C=O) groups is 1. The number of carbonyl (C=O) groups excluding carboxylic acids is 1. The number of rotatable bonds is 4. The van der Waals surface area contributed by atoms with Gasteiger partial charge < -0.3 is 9.88 Å². The van der Waals surface area contributed by atoms with Gasteiger partial charge in [-0.1, -0.05) is 0 Å². The molecule has 0 saturated carbocycles. The normalized spacial score (nSPS) is 17.8. The van der Waals surface area contributed by atoms with Crippen molar-refractivity contribution in [3.63, 3.8) is 0 Å². The first-order chi connectivity index (χ1) is 13.0. The molecule has 3 aromatic rings. The highest BCUT2D eigenvalue weighted by Crippen LogP contribution is 2.28. The van der Waals surface area contributed by atoms with Crippen LogP contribution in [0.15, 0.2) is 30.5 Å². The monoisotopic (exact) mass is 373 g/mol. The van der Waals surface area contributed by atoms with Crippen molar-refractivity contribution >= 4 is 16.9 Å². The molecule has 0 radical (unpaired) electrons. The lowest BCUT2D eigenvalue weighted by Crippen LogP contribution is -2.41. The lowest BCUT2D eigenvalue weighted by molar-refractivity contribution is -0.133. The van der Waals surface area contributed by atoms with Crippen molar-refractivity contribution in [2.45, 2.75) is 38.7 Å². The van der Waals surface area contributed by atoms with E-state index in [9.17, 15) is 13.6 Å². The predicted molar refractivity (Wildman–Crippen MR) is 96.6 cm³/mol. The average molecular weight is 373 g/mol. The molecule has 1 N–H and O–H groups in total. The molecule has 8 heteroatoms. The van der Waals surface area contributed by atoms with E-state index in [1.807, 2.05) is 12.1 Å². The lowest BCUT2D eigenvalue weighted by atomic mass is 9.94. The molecule has 1 aliphatic heterocycles. The summed E-state index contributed by atoms with van der Waals surface area (Å²) in [5, 5.41) is 4.91. The number of hydrogen-bond donors (Lipinski definition) is 1. The van der Waals surface area contributed by atoms with Crippen molar-refractivity contribution in [1.29, 1.82) is 0 Å². The molecular weight excluding hydrogens is 352 g/mol. The topological polar surface area (TPSA) is 66.8 Å². The maximum Gasteiger partial charge on any atom is 0.282 e. The molecule has 27 heavy (non-hydrogen) atoms. The Morgan fingerprint density at radius 3 is 3.00 bits per heavy atom. The first kappa shape index (κ1) is 17.6. The zero-order valence-corrected chi connectivity index (χ0v) is 15.0. The summed E-state index contributed by atoms with van der Waals surface area (Å²) >= 11 is 0. The maximum atomic E-state index is 12.8. The number of halogens is 2. The molecule has 1 saturated heterocycles. The molecule has 1 aliphatic rings. The van der Waals surface area contributed by atoms with Crippen LogP contribution in [0.25, 0.3) is 11.0 Å². The van der Waals surface area contributed by atoms with E-state index in [0.29, 0.717) is 18.8 Å².